The number of aryl methyl sites for hydroxylation is 1. The quantitative estimate of drug-likeness (QED) is 0.878. The van der Waals surface area contributed by atoms with Gasteiger partial charge in [0, 0.05) is 24.7 Å². The Hall–Kier alpha value is -2.00. The van der Waals surface area contributed by atoms with Gasteiger partial charge in [-0.25, -0.2) is 0 Å². The first-order valence-electron chi connectivity index (χ1n) is 9.67. The Morgan fingerprint density at radius 2 is 1.76 bits per heavy atom. The van der Waals surface area contributed by atoms with Gasteiger partial charge < -0.3 is 10.2 Å². The van der Waals surface area contributed by atoms with Crippen LogP contribution in [0.25, 0.3) is 0 Å². The summed E-state index contributed by atoms with van der Waals surface area (Å²) >= 11 is 0. The molecule has 1 N–H and O–H groups in total. The molecule has 5 rings (SSSR count). The summed E-state index contributed by atoms with van der Waals surface area (Å²) in [6.45, 7) is 5.81. The van der Waals surface area contributed by atoms with Crippen LogP contribution in [0.3, 0.4) is 0 Å². The second-order valence-electron chi connectivity index (χ2n) is 8.07. The molecule has 1 atom stereocenters. The Bertz CT molecular complexity index is 776. The number of piperidine rings is 1. The minimum absolute atomic E-state index is 0.258. The van der Waals surface area contributed by atoms with Gasteiger partial charge in [-0.3, -0.25) is 4.90 Å². The third kappa shape index (κ3) is 2.44. The minimum Gasteiger partial charge on any atom is -0.366 e. The molecule has 1 saturated heterocycles. The number of likely N-dealkylation sites (tertiary alicyclic amines) is 1. The smallest absolute Gasteiger partial charge is 0.0883 e. The third-order valence-electron chi connectivity index (χ3n) is 6.69. The fraction of sp³-hybridized carbons (Fsp3) is 0.455. The monoisotopic (exact) mass is 333 g/mol. The van der Waals surface area contributed by atoms with Gasteiger partial charge in [-0.1, -0.05) is 36.4 Å². The van der Waals surface area contributed by atoms with Crippen LogP contribution in [0.15, 0.2) is 48.5 Å². The molecule has 0 radical (unpaired) electrons. The highest BCUT2D eigenvalue weighted by Gasteiger charge is 2.40. The van der Waals surface area contributed by atoms with Gasteiger partial charge in [-0.15, -0.1) is 0 Å². The number of para-hydroxylation sites is 2. The minimum atomic E-state index is 0.258. The molecule has 0 spiro atoms. The van der Waals surface area contributed by atoms with E-state index in [2.05, 4.69) is 70.6 Å². The molecule has 2 aromatic rings. The molecule has 3 nitrogen and oxygen atoms in total. The predicted octanol–water partition coefficient (Wildman–Crippen LogP) is 4.42. The van der Waals surface area contributed by atoms with Gasteiger partial charge in [-0.2, -0.15) is 0 Å². The van der Waals surface area contributed by atoms with Crippen molar-refractivity contribution in [2.45, 2.75) is 44.2 Å². The van der Waals surface area contributed by atoms with Crippen LogP contribution < -0.4 is 10.2 Å². The fourth-order valence-electron chi connectivity index (χ4n) is 5.09. The van der Waals surface area contributed by atoms with Crippen molar-refractivity contribution in [3.8, 4) is 0 Å². The summed E-state index contributed by atoms with van der Waals surface area (Å²) in [4.78, 5) is 5.34. The molecule has 0 aromatic heterocycles. The molecule has 25 heavy (non-hydrogen) atoms. The second kappa shape index (κ2) is 5.77. The van der Waals surface area contributed by atoms with E-state index in [-0.39, 0.29) is 5.54 Å². The second-order valence-corrected chi connectivity index (χ2v) is 8.07. The Morgan fingerprint density at radius 1 is 1.00 bits per heavy atom. The van der Waals surface area contributed by atoms with E-state index in [1.54, 1.807) is 11.1 Å². The molecule has 0 amide bonds. The molecule has 0 bridgehead atoms. The lowest BCUT2D eigenvalue weighted by molar-refractivity contribution is 0.120. The van der Waals surface area contributed by atoms with Crippen molar-refractivity contribution in [2.24, 2.45) is 0 Å². The largest absolute Gasteiger partial charge is 0.366 e. The van der Waals surface area contributed by atoms with Gasteiger partial charge in [0.2, 0.25) is 0 Å². The summed E-state index contributed by atoms with van der Waals surface area (Å²) in [5.74, 6) is 0. The first kappa shape index (κ1) is 15.3. The van der Waals surface area contributed by atoms with Crippen LogP contribution in [0.2, 0.25) is 0 Å². The number of nitrogens with one attached hydrogen (secondary N) is 1. The predicted molar refractivity (Wildman–Crippen MR) is 104 cm³/mol. The van der Waals surface area contributed by atoms with Crippen molar-refractivity contribution in [1.29, 1.82) is 0 Å². The summed E-state index contributed by atoms with van der Waals surface area (Å²) in [5.41, 5.74) is 6.08. The van der Waals surface area contributed by atoms with Crippen LogP contribution in [0, 0.1) is 0 Å². The molecule has 1 fully saturated rings. The van der Waals surface area contributed by atoms with Crippen molar-refractivity contribution < 1.29 is 0 Å². The maximum Gasteiger partial charge on any atom is 0.0883 e. The number of hydrogen-bond donors (Lipinski definition) is 1. The normalized spacial score (nSPS) is 24.7. The Balaban J connectivity index is 1.32. The highest BCUT2D eigenvalue weighted by atomic mass is 15.3. The zero-order valence-electron chi connectivity index (χ0n) is 15.0. The van der Waals surface area contributed by atoms with Crippen molar-refractivity contribution >= 4 is 11.4 Å². The van der Waals surface area contributed by atoms with E-state index >= 15 is 0 Å². The van der Waals surface area contributed by atoms with E-state index in [1.807, 2.05) is 0 Å². The van der Waals surface area contributed by atoms with E-state index in [0.717, 1.165) is 6.67 Å². The van der Waals surface area contributed by atoms with Crippen molar-refractivity contribution in [1.82, 2.24) is 4.90 Å². The van der Waals surface area contributed by atoms with Gasteiger partial charge in [0.15, 0.2) is 0 Å². The summed E-state index contributed by atoms with van der Waals surface area (Å²) in [6, 6.07) is 18.4. The van der Waals surface area contributed by atoms with Gasteiger partial charge in [0.25, 0.3) is 0 Å². The Labute approximate surface area is 150 Å². The molecule has 2 heterocycles. The van der Waals surface area contributed by atoms with Gasteiger partial charge >= 0.3 is 0 Å². The SMILES string of the molecule is CC1(N2CNc3ccccc32)CCN(C2CCc3ccccc32)CC1. The van der Waals surface area contributed by atoms with E-state index in [1.165, 1.54) is 50.1 Å². The number of hydrogen-bond acceptors (Lipinski definition) is 3. The molecule has 130 valence electrons. The van der Waals surface area contributed by atoms with E-state index in [0.29, 0.717) is 6.04 Å². The molecule has 1 unspecified atom stereocenters. The lowest BCUT2D eigenvalue weighted by Crippen LogP contribution is -2.54. The van der Waals surface area contributed by atoms with Crippen LogP contribution in [-0.4, -0.2) is 30.2 Å². The van der Waals surface area contributed by atoms with Gasteiger partial charge in [0.1, 0.15) is 0 Å². The molecule has 3 heteroatoms. The maximum absolute atomic E-state index is 3.56. The highest BCUT2D eigenvalue weighted by molar-refractivity contribution is 5.75. The van der Waals surface area contributed by atoms with Crippen LogP contribution in [0.1, 0.15) is 43.4 Å². The highest BCUT2D eigenvalue weighted by Crippen LogP contribution is 2.43. The van der Waals surface area contributed by atoms with Crippen LogP contribution in [0.5, 0.6) is 0 Å². The molecule has 0 saturated carbocycles. The van der Waals surface area contributed by atoms with Crippen molar-refractivity contribution in [3.05, 3.63) is 59.7 Å². The summed E-state index contributed by atoms with van der Waals surface area (Å²) in [7, 11) is 0. The third-order valence-corrected chi connectivity index (χ3v) is 6.69. The zero-order chi connectivity index (χ0) is 16.9. The average molecular weight is 333 g/mol. The molecular formula is C22H27N3. The summed E-state index contributed by atoms with van der Waals surface area (Å²) in [6.07, 6.45) is 5.02. The van der Waals surface area contributed by atoms with Crippen LogP contribution in [0.4, 0.5) is 11.4 Å². The Kier molecular flexibility index (Phi) is 3.53. The summed E-state index contributed by atoms with van der Waals surface area (Å²) in [5, 5.41) is 3.56. The van der Waals surface area contributed by atoms with Crippen LogP contribution >= 0.6 is 0 Å². The molecule has 3 aliphatic rings. The average Bonchev–Trinajstić information content (AvgIpc) is 3.27. The lowest BCUT2D eigenvalue weighted by atomic mass is 9.86. The maximum atomic E-state index is 3.56. The van der Waals surface area contributed by atoms with E-state index < -0.39 is 0 Å². The number of benzene rings is 2. The number of rotatable bonds is 2. The standard InChI is InChI=1S/C22H27N3/c1-22(25-16-23-19-8-4-5-9-21(19)25)12-14-24(15-13-22)20-11-10-17-6-2-3-7-18(17)20/h2-9,20,23H,10-16H2,1H3. The van der Waals surface area contributed by atoms with Gasteiger partial charge in [-0.05, 0) is 55.9 Å². The first-order chi connectivity index (χ1) is 12.2. The molecule has 2 aromatic carbocycles. The number of nitrogens with zero attached hydrogens (tertiary/aromatic N) is 2. The van der Waals surface area contributed by atoms with E-state index in [4.69, 9.17) is 0 Å². The molecular weight excluding hydrogens is 306 g/mol. The van der Waals surface area contributed by atoms with Crippen molar-refractivity contribution in [2.75, 3.05) is 30.0 Å². The topological polar surface area (TPSA) is 18.5 Å². The van der Waals surface area contributed by atoms with Gasteiger partial charge in [0.05, 0.1) is 18.0 Å². The molecule has 2 aliphatic heterocycles. The fourth-order valence-corrected chi connectivity index (χ4v) is 5.09. The number of anilines is 2. The first-order valence-corrected chi connectivity index (χ1v) is 9.67. The molecule has 1 aliphatic carbocycles. The van der Waals surface area contributed by atoms with Crippen molar-refractivity contribution in [3.63, 3.8) is 0 Å². The lowest BCUT2D eigenvalue weighted by Gasteiger charge is -2.47. The van der Waals surface area contributed by atoms with Crippen LogP contribution in [-0.2, 0) is 6.42 Å². The summed E-state index contributed by atoms with van der Waals surface area (Å²) < 4.78 is 0. The van der Waals surface area contributed by atoms with E-state index in [9.17, 15) is 0 Å². The Morgan fingerprint density at radius 3 is 2.64 bits per heavy atom. The zero-order valence-corrected chi connectivity index (χ0v) is 15.0. The number of fused-ring (bicyclic) bond motifs is 2.